The molecule has 0 atom stereocenters. The number of aliphatic carboxylic acids is 1. The Morgan fingerprint density at radius 2 is 2.16 bits per heavy atom. The highest BCUT2D eigenvalue weighted by molar-refractivity contribution is 5.70. The van der Waals surface area contributed by atoms with Crippen molar-refractivity contribution in [3.05, 3.63) is 11.7 Å². The smallest absolute Gasteiger partial charge is 0.306 e. The second-order valence-corrected chi connectivity index (χ2v) is 4.98. The molecule has 0 unspecified atom stereocenters. The van der Waals surface area contributed by atoms with Crippen LogP contribution in [0.2, 0.25) is 0 Å². The van der Waals surface area contributed by atoms with Crippen LogP contribution in [-0.2, 0) is 22.6 Å². The van der Waals surface area contributed by atoms with E-state index < -0.39 is 5.97 Å². The molecule has 0 spiro atoms. The normalized spacial score (nSPS) is 23.4. The monoisotopic (exact) mass is 268 g/mol. The van der Waals surface area contributed by atoms with Crippen molar-refractivity contribution in [1.82, 2.24) is 10.1 Å². The molecule has 0 radical (unpaired) electrons. The summed E-state index contributed by atoms with van der Waals surface area (Å²) < 4.78 is 10.8. The van der Waals surface area contributed by atoms with Crippen molar-refractivity contribution in [2.75, 3.05) is 0 Å². The number of nitrogens with zero attached hydrogens (tertiary/aromatic N) is 2. The average Bonchev–Trinajstić information content (AvgIpc) is 2.85. The van der Waals surface area contributed by atoms with Gasteiger partial charge in [-0.15, -0.1) is 0 Å². The van der Waals surface area contributed by atoms with Crippen molar-refractivity contribution in [3.8, 4) is 0 Å². The molecule has 6 heteroatoms. The standard InChI is InChI=1S/C13H20N2O4/c1-2-3-11-14-12(19-15-11)8-18-10-6-4-9(5-7-10)13(16)17/h9-10H,2-8H2,1H3,(H,16,17). The summed E-state index contributed by atoms with van der Waals surface area (Å²) in [6.45, 7) is 2.38. The molecule has 0 saturated heterocycles. The topological polar surface area (TPSA) is 85.5 Å². The summed E-state index contributed by atoms with van der Waals surface area (Å²) in [6.07, 6.45) is 4.85. The maximum absolute atomic E-state index is 10.8. The van der Waals surface area contributed by atoms with Crippen LogP contribution in [0.3, 0.4) is 0 Å². The van der Waals surface area contributed by atoms with E-state index in [0.717, 1.165) is 31.5 Å². The third-order valence-corrected chi connectivity index (χ3v) is 3.45. The van der Waals surface area contributed by atoms with Gasteiger partial charge in [0.15, 0.2) is 5.82 Å². The molecule has 0 aliphatic heterocycles. The minimum atomic E-state index is -0.695. The Morgan fingerprint density at radius 3 is 2.79 bits per heavy atom. The number of hydrogen-bond acceptors (Lipinski definition) is 5. The number of aryl methyl sites for hydroxylation is 1. The number of aromatic nitrogens is 2. The maximum Gasteiger partial charge on any atom is 0.306 e. The highest BCUT2D eigenvalue weighted by atomic mass is 16.5. The maximum atomic E-state index is 10.8. The minimum Gasteiger partial charge on any atom is -0.481 e. The molecular formula is C13H20N2O4. The van der Waals surface area contributed by atoms with Gasteiger partial charge in [-0.1, -0.05) is 12.1 Å². The van der Waals surface area contributed by atoms with Gasteiger partial charge >= 0.3 is 5.97 Å². The molecule has 106 valence electrons. The molecule has 0 aromatic carbocycles. The summed E-state index contributed by atoms with van der Waals surface area (Å²) in [4.78, 5) is 15.1. The predicted molar refractivity (Wildman–Crippen MR) is 66.5 cm³/mol. The van der Waals surface area contributed by atoms with Gasteiger partial charge in [0.05, 0.1) is 12.0 Å². The molecular weight excluding hydrogens is 248 g/mol. The van der Waals surface area contributed by atoms with Crippen LogP contribution in [0.1, 0.15) is 50.7 Å². The van der Waals surface area contributed by atoms with Crippen LogP contribution in [0.25, 0.3) is 0 Å². The zero-order valence-corrected chi connectivity index (χ0v) is 11.2. The van der Waals surface area contributed by atoms with E-state index in [1.807, 2.05) is 0 Å². The van der Waals surface area contributed by atoms with Crippen LogP contribution in [0, 0.1) is 5.92 Å². The third-order valence-electron chi connectivity index (χ3n) is 3.45. The van der Waals surface area contributed by atoms with Gasteiger partial charge in [0.25, 0.3) is 5.89 Å². The number of carboxylic acid groups (broad SMARTS) is 1. The van der Waals surface area contributed by atoms with Gasteiger partial charge in [-0.05, 0) is 32.1 Å². The third kappa shape index (κ3) is 4.02. The summed E-state index contributed by atoms with van der Waals surface area (Å²) >= 11 is 0. The molecule has 0 amide bonds. The highest BCUT2D eigenvalue weighted by Gasteiger charge is 2.26. The second-order valence-electron chi connectivity index (χ2n) is 4.98. The van der Waals surface area contributed by atoms with Crippen molar-refractivity contribution in [2.24, 2.45) is 5.92 Å². The summed E-state index contributed by atoms with van der Waals surface area (Å²) in [5.74, 6) is 0.318. The quantitative estimate of drug-likeness (QED) is 0.851. The molecule has 2 rings (SSSR count). The van der Waals surface area contributed by atoms with Crippen molar-refractivity contribution in [2.45, 2.75) is 58.2 Å². The highest BCUT2D eigenvalue weighted by Crippen LogP contribution is 2.26. The van der Waals surface area contributed by atoms with E-state index in [-0.39, 0.29) is 12.0 Å². The van der Waals surface area contributed by atoms with Crippen LogP contribution in [0.5, 0.6) is 0 Å². The van der Waals surface area contributed by atoms with Gasteiger partial charge in [0.2, 0.25) is 0 Å². The summed E-state index contributed by atoms with van der Waals surface area (Å²) in [6, 6.07) is 0. The number of carbonyl (C=O) groups is 1. The summed E-state index contributed by atoms with van der Waals surface area (Å²) in [5, 5.41) is 12.8. The number of carboxylic acids is 1. The first kappa shape index (κ1) is 14.0. The Labute approximate surface area is 112 Å². The van der Waals surface area contributed by atoms with Gasteiger partial charge in [-0.3, -0.25) is 4.79 Å². The van der Waals surface area contributed by atoms with E-state index >= 15 is 0 Å². The number of hydrogen-bond donors (Lipinski definition) is 1. The van der Waals surface area contributed by atoms with E-state index in [0.29, 0.717) is 25.3 Å². The van der Waals surface area contributed by atoms with E-state index in [1.54, 1.807) is 0 Å². The Kier molecular flexibility index (Phi) is 4.90. The Balaban J connectivity index is 1.72. The molecule has 1 heterocycles. The molecule has 1 N–H and O–H groups in total. The first-order valence-corrected chi connectivity index (χ1v) is 6.85. The van der Waals surface area contributed by atoms with Crippen molar-refractivity contribution < 1.29 is 19.2 Å². The fraction of sp³-hybridized carbons (Fsp3) is 0.769. The molecule has 1 saturated carbocycles. The fourth-order valence-electron chi connectivity index (χ4n) is 2.34. The van der Waals surface area contributed by atoms with Crippen LogP contribution >= 0.6 is 0 Å². The Hall–Kier alpha value is -1.43. The van der Waals surface area contributed by atoms with Gasteiger partial charge in [0.1, 0.15) is 6.61 Å². The van der Waals surface area contributed by atoms with Crippen molar-refractivity contribution >= 4 is 5.97 Å². The van der Waals surface area contributed by atoms with Gasteiger partial charge < -0.3 is 14.4 Å². The lowest BCUT2D eigenvalue weighted by Crippen LogP contribution is -2.25. The number of ether oxygens (including phenoxy) is 1. The molecule has 1 aromatic heterocycles. The van der Waals surface area contributed by atoms with Gasteiger partial charge in [0, 0.05) is 6.42 Å². The van der Waals surface area contributed by atoms with E-state index in [2.05, 4.69) is 17.1 Å². The lowest BCUT2D eigenvalue weighted by Gasteiger charge is -2.25. The van der Waals surface area contributed by atoms with Gasteiger partial charge in [-0.2, -0.15) is 4.98 Å². The lowest BCUT2D eigenvalue weighted by atomic mass is 9.87. The largest absolute Gasteiger partial charge is 0.481 e. The van der Waals surface area contributed by atoms with Gasteiger partial charge in [-0.25, -0.2) is 0 Å². The SMILES string of the molecule is CCCc1noc(COC2CCC(C(=O)O)CC2)n1. The van der Waals surface area contributed by atoms with E-state index in [1.165, 1.54) is 0 Å². The Morgan fingerprint density at radius 1 is 1.42 bits per heavy atom. The zero-order valence-electron chi connectivity index (χ0n) is 11.2. The summed E-state index contributed by atoms with van der Waals surface area (Å²) in [7, 11) is 0. The zero-order chi connectivity index (χ0) is 13.7. The van der Waals surface area contributed by atoms with E-state index in [9.17, 15) is 4.79 Å². The first-order valence-electron chi connectivity index (χ1n) is 6.85. The van der Waals surface area contributed by atoms with Crippen LogP contribution in [0.4, 0.5) is 0 Å². The second kappa shape index (κ2) is 6.65. The van der Waals surface area contributed by atoms with Crippen molar-refractivity contribution in [1.29, 1.82) is 0 Å². The molecule has 1 aromatic rings. The molecule has 1 fully saturated rings. The summed E-state index contributed by atoms with van der Waals surface area (Å²) in [5.41, 5.74) is 0. The Bertz CT molecular complexity index is 411. The minimum absolute atomic E-state index is 0.108. The molecule has 19 heavy (non-hydrogen) atoms. The van der Waals surface area contributed by atoms with Crippen LogP contribution < -0.4 is 0 Å². The number of rotatable bonds is 6. The fourth-order valence-corrected chi connectivity index (χ4v) is 2.34. The lowest BCUT2D eigenvalue weighted by molar-refractivity contribution is -0.144. The van der Waals surface area contributed by atoms with Crippen LogP contribution in [-0.4, -0.2) is 27.3 Å². The van der Waals surface area contributed by atoms with E-state index in [4.69, 9.17) is 14.4 Å². The molecule has 1 aliphatic rings. The molecule has 1 aliphatic carbocycles. The predicted octanol–water partition coefficient (Wildman–Crippen LogP) is 2.18. The van der Waals surface area contributed by atoms with Crippen LogP contribution in [0.15, 0.2) is 4.52 Å². The average molecular weight is 268 g/mol. The molecule has 6 nitrogen and oxygen atoms in total. The van der Waals surface area contributed by atoms with Crippen molar-refractivity contribution in [3.63, 3.8) is 0 Å². The first-order chi connectivity index (χ1) is 9.19. The molecule has 0 bridgehead atoms.